The minimum absolute atomic E-state index is 0.0282. The SMILES string of the molecule is Cc1ccc(C(=O)CCC(=O)CCC(=O)Nc2cccc(C#Cc3ccccn3)c2)s1. The number of nitrogens with zero attached hydrogens (tertiary/aromatic N) is 1. The standard InChI is InChI=1S/C25H22N2O3S/c1-18-8-14-24(31-18)23(29)13-11-22(28)12-15-25(30)27-21-7-4-5-19(17-21)9-10-20-6-2-3-16-26-20/h2-8,14,16-17H,11-13,15H2,1H3,(H,27,30). The number of hydrogen-bond acceptors (Lipinski definition) is 5. The van der Waals surface area contributed by atoms with Crippen LogP contribution in [0.5, 0.6) is 0 Å². The van der Waals surface area contributed by atoms with Crippen molar-refractivity contribution in [1.82, 2.24) is 4.98 Å². The lowest BCUT2D eigenvalue weighted by atomic mass is 10.1. The maximum atomic E-state index is 12.2. The molecule has 3 rings (SSSR count). The summed E-state index contributed by atoms with van der Waals surface area (Å²) in [6, 6.07) is 16.4. The fourth-order valence-electron chi connectivity index (χ4n) is 2.81. The van der Waals surface area contributed by atoms with Crippen LogP contribution in [-0.2, 0) is 9.59 Å². The second-order valence-electron chi connectivity index (χ2n) is 6.97. The highest BCUT2D eigenvalue weighted by atomic mass is 32.1. The average molecular weight is 431 g/mol. The molecular weight excluding hydrogens is 408 g/mol. The summed E-state index contributed by atoms with van der Waals surface area (Å²) in [4.78, 5) is 42.2. The molecule has 31 heavy (non-hydrogen) atoms. The third kappa shape index (κ3) is 7.32. The molecule has 0 unspecified atom stereocenters. The highest BCUT2D eigenvalue weighted by Crippen LogP contribution is 2.18. The molecule has 0 fully saturated rings. The van der Waals surface area contributed by atoms with Gasteiger partial charge < -0.3 is 5.32 Å². The molecule has 0 saturated heterocycles. The number of Topliss-reactive ketones (excluding diaryl/α,β-unsaturated/α-hetero) is 2. The normalized spacial score (nSPS) is 10.1. The molecule has 0 saturated carbocycles. The number of anilines is 1. The predicted octanol–water partition coefficient (Wildman–Crippen LogP) is 4.80. The zero-order valence-corrected chi connectivity index (χ0v) is 18.0. The number of pyridine rings is 1. The first-order chi connectivity index (χ1) is 15.0. The minimum atomic E-state index is -0.247. The number of carbonyl (C=O) groups is 3. The number of amides is 1. The van der Waals surface area contributed by atoms with Gasteiger partial charge in [0.1, 0.15) is 11.5 Å². The topological polar surface area (TPSA) is 76.1 Å². The lowest BCUT2D eigenvalue weighted by Gasteiger charge is -2.05. The molecule has 2 heterocycles. The van der Waals surface area contributed by atoms with Crippen molar-refractivity contribution in [2.24, 2.45) is 0 Å². The van der Waals surface area contributed by atoms with Gasteiger partial charge in [0.2, 0.25) is 5.91 Å². The molecule has 0 aliphatic carbocycles. The average Bonchev–Trinajstić information content (AvgIpc) is 3.22. The smallest absolute Gasteiger partial charge is 0.224 e. The van der Waals surface area contributed by atoms with E-state index in [9.17, 15) is 14.4 Å². The molecule has 3 aromatic rings. The Balaban J connectivity index is 1.44. The van der Waals surface area contributed by atoms with Crippen molar-refractivity contribution in [3.05, 3.63) is 81.8 Å². The van der Waals surface area contributed by atoms with Crippen molar-refractivity contribution in [3.63, 3.8) is 0 Å². The van der Waals surface area contributed by atoms with Gasteiger partial charge in [0.05, 0.1) is 4.88 Å². The second kappa shape index (κ2) is 11.0. The monoisotopic (exact) mass is 430 g/mol. The van der Waals surface area contributed by atoms with Crippen molar-refractivity contribution < 1.29 is 14.4 Å². The van der Waals surface area contributed by atoms with Gasteiger partial charge in [0.25, 0.3) is 0 Å². The third-order valence-corrected chi connectivity index (χ3v) is 5.46. The van der Waals surface area contributed by atoms with Crippen LogP contribution in [0.2, 0.25) is 0 Å². The molecule has 1 amide bonds. The Kier molecular flexibility index (Phi) is 7.85. The predicted molar refractivity (Wildman–Crippen MR) is 122 cm³/mol. The summed E-state index contributed by atoms with van der Waals surface area (Å²) in [6.45, 7) is 1.94. The molecular formula is C25H22N2O3S. The number of aromatic nitrogens is 1. The maximum absolute atomic E-state index is 12.2. The van der Waals surface area contributed by atoms with E-state index in [-0.39, 0.29) is 43.2 Å². The maximum Gasteiger partial charge on any atom is 0.224 e. The van der Waals surface area contributed by atoms with E-state index in [1.165, 1.54) is 11.3 Å². The molecule has 0 radical (unpaired) electrons. The Morgan fingerprint density at radius 1 is 0.935 bits per heavy atom. The van der Waals surface area contributed by atoms with E-state index in [4.69, 9.17) is 0 Å². The molecule has 156 valence electrons. The van der Waals surface area contributed by atoms with E-state index >= 15 is 0 Å². The van der Waals surface area contributed by atoms with Crippen LogP contribution < -0.4 is 5.32 Å². The summed E-state index contributed by atoms with van der Waals surface area (Å²) >= 11 is 1.43. The Morgan fingerprint density at radius 3 is 2.52 bits per heavy atom. The van der Waals surface area contributed by atoms with Crippen LogP contribution in [0.1, 0.15) is 51.5 Å². The number of benzene rings is 1. The van der Waals surface area contributed by atoms with E-state index in [1.54, 1.807) is 30.5 Å². The number of aryl methyl sites for hydroxylation is 1. The summed E-state index contributed by atoms with van der Waals surface area (Å²) in [5, 5.41) is 2.79. The molecule has 0 aliphatic heterocycles. The Morgan fingerprint density at radius 2 is 1.77 bits per heavy atom. The van der Waals surface area contributed by atoms with E-state index in [1.807, 2.05) is 37.3 Å². The highest BCUT2D eigenvalue weighted by molar-refractivity contribution is 7.14. The number of ketones is 2. The second-order valence-corrected chi connectivity index (χ2v) is 8.25. The largest absolute Gasteiger partial charge is 0.326 e. The molecule has 2 aromatic heterocycles. The molecule has 6 heteroatoms. The fraction of sp³-hybridized carbons (Fsp3) is 0.200. The first-order valence-corrected chi connectivity index (χ1v) is 10.8. The molecule has 1 aromatic carbocycles. The van der Waals surface area contributed by atoms with Crippen LogP contribution in [0.3, 0.4) is 0 Å². The first-order valence-electron chi connectivity index (χ1n) is 9.94. The van der Waals surface area contributed by atoms with Gasteiger partial charge in [-0.3, -0.25) is 14.4 Å². The van der Waals surface area contributed by atoms with Crippen LogP contribution in [0.25, 0.3) is 0 Å². The van der Waals surface area contributed by atoms with E-state index in [0.29, 0.717) is 16.3 Å². The molecule has 0 aliphatic rings. The summed E-state index contributed by atoms with van der Waals surface area (Å²) in [5.74, 6) is 5.62. The fourth-order valence-corrected chi connectivity index (χ4v) is 3.64. The van der Waals surface area contributed by atoms with Gasteiger partial charge in [-0.2, -0.15) is 0 Å². The van der Waals surface area contributed by atoms with Crippen molar-refractivity contribution in [3.8, 4) is 11.8 Å². The van der Waals surface area contributed by atoms with Gasteiger partial charge in [-0.15, -0.1) is 11.3 Å². The van der Waals surface area contributed by atoms with E-state index in [0.717, 1.165) is 10.4 Å². The lowest BCUT2D eigenvalue weighted by Crippen LogP contribution is -2.14. The van der Waals surface area contributed by atoms with E-state index in [2.05, 4.69) is 22.1 Å². The molecule has 0 spiro atoms. The van der Waals surface area contributed by atoms with Gasteiger partial charge in [0, 0.05) is 48.0 Å². The van der Waals surface area contributed by atoms with Crippen LogP contribution in [0, 0.1) is 18.8 Å². The van der Waals surface area contributed by atoms with Crippen LogP contribution in [0.15, 0.2) is 60.8 Å². The molecule has 5 nitrogen and oxygen atoms in total. The van der Waals surface area contributed by atoms with Crippen molar-refractivity contribution >= 4 is 34.5 Å². The quantitative estimate of drug-likeness (QED) is 0.411. The number of hydrogen-bond donors (Lipinski definition) is 1. The summed E-state index contributed by atoms with van der Waals surface area (Å²) in [5.41, 5.74) is 2.04. The third-order valence-electron chi connectivity index (χ3n) is 4.42. The Hall–Kier alpha value is -3.56. The zero-order valence-electron chi connectivity index (χ0n) is 17.2. The summed E-state index contributed by atoms with van der Waals surface area (Å²) in [7, 11) is 0. The van der Waals surface area contributed by atoms with Gasteiger partial charge >= 0.3 is 0 Å². The minimum Gasteiger partial charge on any atom is -0.326 e. The summed E-state index contributed by atoms with van der Waals surface area (Å²) in [6.07, 6.45) is 2.21. The molecule has 0 atom stereocenters. The lowest BCUT2D eigenvalue weighted by molar-refractivity contribution is -0.122. The van der Waals surface area contributed by atoms with Crippen molar-refractivity contribution in [1.29, 1.82) is 0 Å². The van der Waals surface area contributed by atoms with Crippen molar-refractivity contribution in [2.75, 3.05) is 5.32 Å². The zero-order chi connectivity index (χ0) is 22.1. The van der Waals surface area contributed by atoms with Gasteiger partial charge in [-0.25, -0.2) is 4.98 Å². The summed E-state index contributed by atoms with van der Waals surface area (Å²) < 4.78 is 0. The van der Waals surface area contributed by atoms with Crippen LogP contribution in [0.4, 0.5) is 5.69 Å². The van der Waals surface area contributed by atoms with Gasteiger partial charge in [-0.05, 0) is 55.3 Å². The molecule has 1 N–H and O–H groups in total. The van der Waals surface area contributed by atoms with Crippen molar-refractivity contribution in [2.45, 2.75) is 32.6 Å². The Bertz CT molecular complexity index is 1140. The van der Waals surface area contributed by atoms with Crippen LogP contribution >= 0.6 is 11.3 Å². The Labute approximate surface area is 185 Å². The molecule has 0 bridgehead atoms. The number of carbonyl (C=O) groups excluding carboxylic acids is 3. The van der Waals surface area contributed by atoms with E-state index < -0.39 is 0 Å². The number of thiophene rings is 1. The first kappa shape index (κ1) is 22.1. The van der Waals surface area contributed by atoms with Gasteiger partial charge in [0.15, 0.2) is 5.78 Å². The highest BCUT2D eigenvalue weighted by Gasteiger charge is 2.12. The number of nitrogens with one attached hydrogen (secondary N) is 1. The van der Waals surface area contributed by atoms with Crippen LogP contribution in [-0.4, -0.2) is 22.5 Å². The number of rotatable bonds is 8. The van der Waals surface area contributed by atoms with Gasteiger partial charge in [-0.1, -0.05) is 18.1 Å².